The summed E-state index contributed by atoms with van der Waals surface area (Å²) in [6.45, 7) is 3.59. The molecule has 2 aromatic carbocycles. The molecule has 1 aromatic heterocycles. The van der Waals surface area contributed by atoms with Gasteiger partial charge in [-0.3, -0.25) is 4.57 Å². The van der Waals surface area contributed by atoms with Gasteiger partial charge in [0.2, 0.25) is 0 Å². The lowest BCUT2D eigenvalue weighted by Gasteiger charge is -2.10. The Hall–Kier alpha value is -2.69. The van der Waals surface area contributed by atoms with Gasteiger partial charge >= 0.3 is 5.97 Å². The number of aromatic carboxylic acids is 1. The number of fused-ring (bicyclic) bond motifs is 1. The van der Waals surface area contributed by atoms with Crippen LogP contribution in [0.1, 0.15) is 21.7 Å². The number of aromatic nitrogens is 2. The van der Waals surface area contributed by atoms with E-state index < -0.39 is 11.8 Å². The third kappa shape index (κ3) is 2.07. The van der Waals surface area contributed by atoms with Gasteiger partial charge in [0.15, 0.2) is 0 Å². The van der Waals surface area contributed by atoms with E-state index in [0.717, 1.165) is 5.56 Å². The second-order valence-electron chi connectivity index (χ2n) is 4.93. The summed E-state index contributed by atoms with van der Waals surface area (Å²) in [6.07, 6.45) is 0. The topological polar surface area (TPSA) is 55.1 Å². The number of hydrogen-bond donors (Lipinski definition) is 1. The van der Waals surface area contributed by atoms with Gasteiger partial charge in [0.05, 0.1) is 22.3 Å². The maximum atomic E-state index is 14.2. The minimum atomic E-state index is -1.06. The van der Waals surface area contributed by atoms with Crippen LogP contribution in [0.5, 0.6) is 0 Å². The zero-order valence-electron chi connectivity index (χ0n) is 11.6. The van der Waals surface area contributed by atoms with Gasteiger partial charge in [-0.15, -0.1) is 0 Å². The number of carbonyl (C=O) groups is 1. The van der Waals surface area contributed by atoms with E-state index in [4.69, 9.17) is 0 Å². The van der Waals surface area contributed by atoms with Crippen molar-refractivity contribution in [3.8, 4) is 5.69 Å². The average Bonchev–Trinajstić information content (AvgIpc) is 2.77. The molecule has 5 heteroatoms. The van der Waals surface area contributed by atoms with Crippen molar-refractivity contribution < 1.29 is 14.3 Å². The molecule has 0 atom stereocenters. The average molecular weight is 284 g/mol. The van der Waals surface area contributed by atoms with Crippen LogP contribution in [-0.4, -0.2) is 20.6 Å². The largest absolute Gasteiger partial charge is 0.478 e. The standard InChI is InChI=1S/C16H13FN2O2/c1-9-6-7-12(17)14(8-9)19-10(2)18-13-5-3-4-11(15(13)19)16(20)21/h3-8H,1-2H3,(H,20,21). The third-order valence-electron chi connectivity index (χ3n) is 3.42. The van der Waals surface area contributed by atoms with Gasteiger partial charge in [-0.1, -0.05) is 12.1 Å². The molecule has 0 amide bonds. The SMILES string of the molecule is Cc1ccc(F)c(-n2c(C)nc3cccc(C(=O)O)c32)c1. The van der Waals surface area contributed by atoms with Crippen molar-refractivity contribution in [2.45, 2.75) is 13.8 Å². The Kier molecular flexibility index (Phi) is 2.97. The lowest BCUT2D eigenvalue weighted by atomic mass is 10.1. The highest BCUT2D eigenvalue weighted by molar-refractivity contribution is 6.01. The maximum Gasteiger partial charge on any atom is 0.337 e. The first-order valence-corrected chi connectivity index (χ1v) is 6.47. The van der Waals surface area contributed by atoms with E-state index in [2.05, 4.69) is 4.98 Å². The van der Waals surface area contributed by atoms with Crippen LogP contribution in [-0.2, 0) is 0 Å². The Balaban J connectivity index is 2.44. The Morgan fingerprint density at radius 1 is 1.24 bits per heavy atom. The smallest absolute Gasteiger partial charge is 0.337 e. The Bertz CT molecular complexity index is 868. The molecule has 1 heterocycles. The van der Waals surface area contributed by atoms with Crippen LogP contribution in [0.25, 0.3) is 16.7 Å². The number of carboxylic acid groups (broad SMARTS) is 1. The molecule has 0 unspecified atom stereocenters. The molecule has 21 heavy (non-hydrogen) atoms. The van der Waals surface area contributed by atoms with E-state index in [9.17, 15) is 14.3 Å². The van der Waals surface area contributed by atoms with E-state index in [1.807, 2.05) is 6.92 Å². The lowest BCUT2D eigenvalue weighted by molar-refractivity contribution is 0.0698. The Morgan fingerprint density at radius 2 is 2.00 bits per heavy atom. The first kappa shape index (κ1) is 13.3. The quantitative estimate of drug-likeness (QED) is 0.783. The van der Waals surface area contributed by atoms with Crippen LogP contribution < -0.4 is 0 Å². The van der Waals surface area contributed by atoms with Crippen molar-refractivity contribution in [3.05, 3.63) is 59.2 Å². The van der Waals surface area contributed by atoms with Crippen LogP contribution in [0.4, 0.5) is 4.39 Å². The summed E-state index contributed by atoms with van der Waals surface area (Å²) in [5, 5.41) is 9.35. The maximum absolute atomic E-state index is 14.2. The second-order valence-corrected chi connectivity index (χ2v) is 4.93. The molecule has 0 spiro atoms. The number of halogens is 1. The molecule has 3 aromatic rings. The minimum Gasteiger partial charge on any atom is -0.478 e. The van der Waals surface area contributed by atoms with Crippen LogP contribution in [0.3, 0.4) is 0 Å². The lowest BCUT2D eigenvalue weighted by Crippen LogP contribution is -2.05. The number of rotatable bonds is 2. The molecule has 0 bridgehead atoms. The summed E-state index contributed by atoms with van der Waals surface area (Å²) in [4.78, 5) is 15.8. The molecule has 0 aliphatic rings. The minimum absolute atomic E-state index is 0.106. The van der Waals surface area contributed by atoms with Crippen LogP contribution in [0.15, 0.2) is 36.4 Å². The molecular weight excluding hydrogens is 271 g/mol. The molecule has 0 saturated heterocycles. The van der Waals surface area contributed by atoms with Gasteiger partial charge < -0.3 is 5.11 Å². The van der Waals surface area contributed by atoms with Crippen molar-refractivity contribution in [1.82, 2.24) is 9.55 Å². The fourth-order valence-corrected chi connectivity index (χ4v) is 2.50. The molecule has 4 nitrogen and oxygen atoms in total. The first-order valence-electron chi connectivity index (χ1n) is 6.47. The van der Waals surface area contributed by atoms with Crippen molar-refractivity contribution in [1.29, 1.82) is 0 Å². The van der Waals surface area contributed by atoms with Gasteiger partial charge in [-0.25, -0.2) is 14.2 Å². The number of carboxylic acids is 1. The predicted molar refractivity (Wildman–Crippen MR) is 77.5 cm³/mol. The van der Waals surface area contributed by atoms with Crippen LogP contribution >= 0.6 is 0 Å². The number of benzene rings is 2. The number of aryl methyl sites for hydroxylation is 2. The van der Waals surface area contributed by atoms with E-state index in [1.165, 1.54) is 12.1 Å². The zero-order chi connectivity index (χ0) is 15.1. The van der Waals surface area contributed by atoms with E-state index in [1.54, 1.807) is 35.8 Å². The number of hydrogen-bond acceptors (Lipinski definition) is 2. The van der Waals surface area contributed by atoms with Gasteiger partial charge in [-0.2, -0.15) is 0 Å². The molecule has 0 aliphatic heterocycles. The van der Waals surface area contributed by atoms with Gasteiger partial charge in [0.25, 0.3) is 0 Å². The van der Waals surface area contributed by atoms with Gasteiger partial charge in [0, 0.05) is 0 Å². The highest BCUT2D eigenvalue weighted by Gasteiger charge is 2.18. The molecule has 0 saturated carbocycles. The predicted octanol–water partition coefficient (Wildman–Crippen LogP) is 3.48. The monoisotopic (exact) mass is 284 g/mol. The summed E-state index contributed by atoms with van der Waals surface area (Å²) in [6, 6.07) is 9.58. The van der Waals surface area contributed by atoms with Crippen molar-refractivity contribution >= 4 is 17.0 Å². The summed E-state index contributed by atoms with van der Waals surface area (Å²) in [5.41, 5.74) is 2.25. The normalized spacial score (nSPS) is 11.0. The highest BCUT2D eigenvalue weighted by atomic mass is 19.1. The number of nitrogens with zero attached hydrogens (tertiary/aromatic N) is 2. The summed E-state index contributed by atoms with van der Waals surface area (Å²) in [5.74, 6) is -0.929. The summed E-state index contributed by atoms with van der Waals surface area (Å²) >= 11 is 0. The molecule has 1 N–H and O–H groups in total. The van der Waals surface area contributed by atoms with Crippen molar-refractivity contribution in [2.75, 3.05) is 0 Å². The van der Waals surface area contributed by atoms with Gasteiger partial charge in [-0.05, 0) is 43.7 Å². The summed E-state index contributed by atoms with van der Waals surface area (Å²) in [7, 11) is 0. The molecular formula is C16H13FN2O2. The van der Waals surface area contributed by atoms with Crippen molar-refractivity contribution in [3.63, 3.8) is 0 Å². The van der Waals surface area contributed by atoms with Gasteiger partial charge in [0.1, 0.15) is 11.6 Å². The van der Waals surface area contributed by atoms with Crippen LogP contribution in [0, 0.1) is 19.7 Å². The fourth-order valence-electron chi connectivity index (χ4n) is 2.50. The van der Waals surface area contributed by atoms with Crippen LogP contribution in [0.2, 0.25) is 0 Å². The number of imidazole rings is 1. The van der Waals surface area contributed by atoms with Crippen molar-refractivity contribution in [2.24, 2.45) is 0 Å². The second kappa shape index (κ2) is 4.70. The third-order valence-corrected chi connectivity index (χ3v) is 3.42. The fraction of sp³-hybridized carbons (Fsp3) is 0.125. The molecule has 0 fully saturated rings. The Labute approximate surface area is 120 Å². The van der Waals surface area contributed by atoms with E-state index >= 15 is 0 Å². The number of para-hydroxylation sites is 1. The molecule has 106 valence electrons. The molecule has 0 radical (unpaired) electrons. The zero-order valence-corrected chi connectivity index (χ0v) is 11.6. The highest BCUT2D eigenvalue weighted by Crippen LogP contribution is 2.26. The summed E-state index contributed by atoms with van der Waals surface area (Å²) < 4.78 is 15.7. The molecule has 0 aliphatic carbocycles. The van der Waals surface area contributed by atoms with E-state index in [-0.39, 0.29) is 5.56 Å². The molecule has 3 rings (SSSR count). The van der Waals surface area contributed by atoms with E-state index in [0.29, 0.717) is 22.5 Å². The Morgan fingerprint density at radius 3 is 2.71 bits per heavy atom. The first-order chi connectivity index (χ1) is 9.99.